The van der Waals surface area contributed by atoms with Gasteiger partial charge in [0.2, 0.25) is 0 Å². The summed E-state index contributed by atoms with van der Waals surface area (Å²) in [5.74, 6) is -3.20. The van der Waals surface area contributed by atoms with Crippen molar-refractivity contribution in [3.63, 3.8) is 0 Å². The summed E-state index contributed by atoms with van der Waals surface area (Å²) in [5, 5.41) is 76.5. The van der Waals surface area contributed by atoms with Crippen LogP contribution in [0.4, 0.5) is 26.3 Å². The van der Waals surface area contributed by atoms with Crippen molar-refractivity contribution in [3.8, 4) is 60.1 Å². The molecule has 2 aliphatic carbocycles. The molecule has 0 aromatic heterocycles. The third kappa shape index (κ3) is 4.14. The number of nitriles is 8. The lowest BCUT2D eigenvalue weighted by Crippen LogP contribution is -2.22. The predicted octanol–water partition coefficient (Wildman–Crippen LogP) is 4.71. The number of hydrogen-bond donors (Lipinski definition) is 0. The number of allylic oxidation sites excluding steroid dienone is 8. The Labute approximate surface area is 218 Å². The van der Waals surface area contributed by atoms with Gasteiger partial charge in [-0.05, 0) is 0 Å². The number of halogens is 6. The molecule has 10 nitrogen and oxygen atoms in total. The molecule has 0 aliphatic heterocycles. The summed E-state index contributed by atoms with van der Waals surface area (Å²) in [6, 6.07) is 10.4. The topological polar surface area (TPSA) is 209 Å². The van der Waals surface area contributed by atoms with Crippen LogP contribution in [0.15, 0.2) is 22.3 Å². The number of rotatable bonds is 2. The lowest BCUT2D eigenvalue weighted by molar-refractivity contribution is -0.277. The second-order valence-electron chi connectivity index (χ2n) is 7.15. The predicted molar refractivity (Wildman–Crippen MR) is 112 cm³/mol. The second kappa shape index (κ2) is 9.63. The van der Waals surface area contributed by atoms with Gasteiger partial charge < -0.3 is 9.47 Å². The molecule has 0 spiro atoms. The SMILES string of the molecule is N#CC(C#N)=C1C(C#N)=C(C#N)c2c(OC(F)(F)F)c3c(c(OC(F)(F)F)c21)C(=C(C#N)C#N)C(C#N)=C3C#N. The van der Waals surface area contributed by atoms with Gasteiger partial charge in [-0.1, -0.05) is 0 Å². The van der Waals surface area contributed by atoms with Gasteiger partial charge in [-0.15, -0.1) is 26.3 Å². The summed E-state index contributed by atoms with van der Waals surface area (Å²) < 4.78 is 90.2. The Morgan fingerprint density at radius 3 is 0.950 bits per heavy atom. The van der Waals surface area contributed by atoms with Crippen molar-refractivity contribution >= 4 is 22.3 Å². The van der Waals surface area contributed by atoms with Gasteiger partial charge in [0.05, 0.1) is 22.3 Å². The standard InChI is InChI=1S/C24F6N8O2/c25-23(26,27)39-21-17-13(7-37)11(5-35)15(9(1-31)2-32)19(17)22(40-24(28,29)30)20-16(10(3-33)4-34)12(6-36)14(8-38)18(20)21. The minimum Gasteiger partial charge on any atom is -0.404 e. The van der Waals surface area contributed by atoms with Gasteiger partial charge in [0.1, 0.15) is 71.2 Å². The van der Waals surface area contributed by atoms with Crippen LogP contribution < -0.4 is 9.47 Å². The van der Waals surface area contributed by atoms with Crippen molar-refractivity contribution in [2.24, 2.45) is 0 Å². The van der Waals surface area contributed by atoms with Crippen molar-refractivity contribution < 1.29 is 35.8 Å². The fraction of sp³-hybridized carbons (Fsp3) is 0.0833. The number of nitrogens with zero attached hydrogens (tertiary/aromatic N) is 8. The van der Waals surface area contributed by atoms with Crippen LogP contribution in [0.3, 0.4) is 0 Å². The highest BCUT2D eigenvalue weighted by Crippen LogP contribution is 2.61. The molecule has 0 saturated heterocycles. The lowest BCUT2D eigenvalue weighted by atomic mass is 9.88. The smallest absolute Gasteiger partial charge is 0.404 e. The van der Waals surface area contributed by atoms with Crippen LogP contribution in [0.1, 0.15) is 22.3 Å². The number of ether oxygens (including phenoxy) is 2. The van der Waals surface area contributed by atoms with Crippen molar-refractivity contribution in [3.05, 3.63) is 44.5 Å². The first-order chi connectivity index (χ1) is 18.8. The highest BCUT2D eigenvalue weighted by Gasteiger charge is 2.49. The summed E-state index contributed by atoms with van der Waals surface area (Å²) in [6.45, 7) is 0. The molecule has 0 unspecified atom stereocenters. The van der Waals surface area contributed by atoms with Gasteiger partial charge in [0.25, 0.3) is 0 Å². The van der Waals surface area contributed by atoms with Crippen LogP contribution in [-0.2, 0) is 0 Å². The van der Waals surface area contributed by atoms with Gasteiger partial charge in [-0.2, -0.15) is 42.1 Å². The van der Waals surface area contributed by atoms with E-state index in [4.69, 9.17) is 0 Å². The molecule has 0 heterocycles. The Balaban J connectivity index is 2.94. The zero-order chi connectivity index (χ0) is 30.2. The Morgan fingerprint density at radius 1 is 0.450 bits per heavy atom. The monoisotopic (exact) mass is 546 g/mol. The molecule has 190 valence electrons. The summed E-state index contributed by atoms with van der Waals surface area (Å²) in [7, 11) is 0. The van der Waals surface area contributed by atoms with E-state index in [1.807, 2.05) is 0 Å². The molecule has 3 rings (SSSR count). The van der Waals surface area contributed by atoms with Crippen molar-refractivity contribution in [1.82, 2.24) is 0 Å². The van der Waals surface area contributed by atoms with Crippen LogP contribution in [0.25, 0.3) is 22.3 Å². The van der Waals surface area contributed by atoms with Crippen LogP contribution in [0.5, 0.6) is 11.5 Å². The largest absolute Gasteiger partial charge is 0.573 e. The molecule has 0 N–H and O–H groups in total. The number of benzene rings is 1. The molecule has 2 aliphatic rings. The maximum absolute atomic E-state index is 13.7. The zero-order valence-corrected chi connectivity index (χ0v) is 18.7. The van der Waals surface area contributed by atoms with E-state index in [2.05, 4.69) is 9.47 Å². The van der Waals surface area contributed by atoms with E-state index in [-0.39, 0.29) is 0 Å². The molecule has 0 atom stereocenters. The van der Waals surface area contributed by atoms with Crippen molar-refractivity contribution in [2.75, 3.05) is 0 Å². The van der Waals surface area contributed by atoms with E-state index >= 15 is 0 Å². The highest BCUT2D eigenvalue weighted by atomic mass is 19.4. The number of hydrogen-bond acceptors (Lipinski definition) is 10. The molecule has 0 radical (unpaired) electrons. The van der Waals surface area contributed by atoms with Gasteiger partial charge in [0.15, 0.2) is 0 Å². The van der Waals surface area contributed by atoms with E-state index in [9.17, 15) is 68.4 Å². The summed E-state index contributed by atoms with van der Waals surface area (Å²) >= 11 is 0. The van der Waals surface area contributed by atoms with Gasteiger partial charge in [0, 0.05) is 33.4 Å². The van der Waals surface area contributed by atoms with Crippen LogP contribution in [-0.4, -0.2) is 12.7 Å². The van der Waals surface area contributed by atoms with E-state index in [1.165, 1.54) is 48.6 Å². The Bertz CT molecular complexity index is 1750. The Hall–Kier alpha value is -6.72. The maximum Gasteiger partial charge on any atom is 0.573 e. The number of alkyl halides is 6. The summed E-state index contributed by atoms with van der Waals surface area (Å²) in [4.78, 5) is 0. The van der Waals surface area contributed by atoms with Crippen molar-refractivity contribution in [1.29, 1.82) is 42.1 Å². The normalized spacial score (nSPS) is 13.2. The number of fused-ring (bicyclic) bond motifs is 2. The van der Waals surface area contributed by atoms with E-state index in [0.717, 1.165) is 0 Å². The van der Waals surface area contributed by atoms with Crippen LogP contribution >= 0.6 is 0 Å². The minimum absolute atomic E-state index is 1.02. The Kier molecular flexibility index (Phi) is 6.70. The molecule has 0 fully saturated rings. The fourth-order valence-electron chi connectivity index (χ4n) is 4.06. The highest BCUT2D eigenvalue weighted by molar-refractivity contribution is 6.18. The maximum atomic E-state index is 13.7. The average molecular weight is 546 g/mol. The zero-order valence-electron chi connectivity index (χ0n) is 18.7. The Morgan fingerprint density at radius 2 is 0.725 bits per heavy atom. The summed E-state index contributed by atoms with van der Waals surface area (Å²) in [6.07, 6.45) is -11.4. The average Bonchev–Trinajstić information content (AvgIpc) is 3.39. The fourth-order valence-corrected chi connectivity index (χ4v) is 4.06. The van der Waals surface area contributed by atoms with E-state index in [1.54, 1.807) is 0 Å². The first-order valence-electron chi connectivity index (χ1n) is 9.74. The quantitative estimate of drug-likeness (QED) is 0.368. The third-order valence-electron chi connectivity index (χ3n) is 5.24. The minimum atomic E-state index is -5.71. The van der Waals surface area contributed by atoms with Gasteiger partial charge in [-0.3, -0.25) is 0 Å². The van der Waals surface area contributed by atoms with Crippen LogP contribution in [0, 0.1) is 90.6 Å². The first kappa shape index (κ1) is 27.9. The first-order valence-corrected chi connectivity index (χ1v) is 9.74. The molecule has 0 saturated carbocycles. The molecule has 16 heteroatoms. The van der Waals surface area contributed by atoms with E-state index in [0.29, 0.717) is 0 Å². The molecular formula is C24F6N8O2. The molecule has 1 aromatic rings. The third-order valence-corrected chi connectivity index (χ3v) is 5.24. The molecule has 0 amide bonds. The molecule has 0 bridgehead atoms. The molecular weight excluding hydrogens is 546 g/mol. The second-order valence-corrected chi connectivity index (χ2v) is 7.15. The molecule has 40 heavy (non-hydrogen) atoms. The van der Waals surface area contributed by atoms with Gasteiger partial charge >= 0.3 is 12.7 Å². The van der Waals surface area contributed by atoms with Gasteiger partial charge in [-0.25, -0.2) is 0 Å². The summed E-state index contributed by atoms with van der Waals surface area (Å²) in [5.41, 5.74) is -13.6. The lowest BCUT2D eigenvalue weighted by Gasteiger charge is -2.23. The molecule has 1 aromatic carbocycles. The van der Waals surface area contributed by atoms with E-state index < -0.39 is 91.1 Å². The van der Waals surface area contributed by atoms with Crippen LogP contribution in [0.2, 0.25) is 0 Å². The van der Waals surface area contributed by atoms with Crippen molar-refractivity contribution in [2.45, 2.75) is 12.7 Å².